The van der Waals surface area contributed by atoms with Crippen LogP contribution >= 0.6 is 0 Å². The first-order chi connectivity index (χ1) is 10.8. The van der Waals surface area contributed by atoms with Gasteiger partial charge >= 0.3 is 0 Å². The van der Waals surface area contributed by atoms with Crippen LogP contribution in [0.1, 0.15) is 57.8 Å². The van der Waals surface area contributed by atoms with Crippen molar-refractivity contribution in [2.24, 2.45) is 16.6 Å². The normalized spacial score (nSPS) is 22.5. The van der Waals surface area contributed by atoms with Crippen molar-refractivity contribution in [3.05, 3.63) is 0 Å². The Morgan fingerprint density at radius 1 is 1.09 bits per heavy atom. The summed E-state index contributed by atoms with van der Waals surface area (Å²) in [6.45, 7) is 4.17. The highest BCUT2D eigenvalue weighted by Crippen LogP contribution is 2.17. The lowest BCUT2D eigenvalue weighted by molar-refractivity contribution is 0.0205. The van der Waals surface area contributed by atoms with Gasteiger partial charge in [-0.2, -0.15) is 0 Å². The molecule has 1 saturated heterocycles. The Balaban J connectivity index is 1.48. The second-order valence-electron chi connectivity index (χ2n) is 6.58. The molecule has 2 rings (SSSR count). The highest BCUT2D eigenvalue weighted by atomic mass is 16.5. The van der Waals surface area contributed by atoms with Crippen LogP contribution in [0.3, 0.4) is 0 Å². The predicted molar refractivity (Wildman–Crippen MR) is 90.1 cm³/mol. The zero-order chi connectivity index (χ0) is 15.5. The Morgan fingerprint density at radius 3 is 2.55 bits per heavy atom. The second kappa shape index (κ2) is 10.8. The highest BCUT2D eigenvalue weighted by Gasteiger charge is 2.13. The zero-order valence-corrected chi connectivity index (χ0v) is 13.9. The largest absolute Gasteiger partial charge is 0.381 e. The Hall–Kier alpha value is -0.810. The van der Waals surface area contributed by atoms with Crippen LogP contribution in [0.25, 0.3) is 0 Å². The third kappa shape index (κ3) is 7.45. The molecule has 3 N–H and O–H groups in total. The van der Waals surface area contributed by atoms with Crippen molar-refractivity contribution in [2.75, 3.05) is 33.0 Å². The summed E-state index contributed by atoms with van der Waals surface area (Å²) in [4.78, 5) is 4.42. The molecule has 1 saturated carbocycles. The molecule has 5 heteroatoms. The average molecular weight is 311 g/mol. The van der Waals surface area contributed by atoms with Gasteiger partial charge in [0.05, 0.1) is 0 Å². The van der Waals surface area contributed by atoms with Gasteiger partial charge in [-0.1, -0.05) is 25.7 Å². The minimum Gasteiger partial charge on any atom is -0.381 e. The topological polar surface area (TPSA) is 68.9 Å². The molecule has 1 heterocycles. The summed E-state index contributed by atoms with van der Waals surface area (Å²) in [5.41, 5.74) is 5.97. The van der Waals surface area contributed by atoms with E-state index in [0.717, 1.165) is 52.2 Å². The molecule has 0 radical (unpaired) electrons. The average Bonchev–Trinajstić information content (AvgIpc) is 2.80. The van der Waals surface area contributed by atoms with Crippen molar-refractivity contribution in [1.29, 1.82) is 0 Å². The number of rotatable bonds is 7. The van der Waals surface area contributed by atoms with E-state index < -0.39 is 0 Å². The molecule has 5 nitrogen and oxygen atoms in total. The summed E-state index contributed by atoms with van der Waals surface area (Å²) in [7, 11) is 0. The monoisotopic (exact) mass is 311 g/mol. The maximum atomic E-state index is 5.97. The number of hydrogen-bond acceptors (Lipinski definition) is 3. The predicted octanol–water partition coefficient (Wildman–Crippen LogP) is 2.45. The van der Waals surface area contributed by atoms with E-state index >= 15 is 0 Å². The van der Waals surface area contributed by atoms with E-state index in [2.05, 4.69) is 10.3 Å². The smallest absolute Gasteiger partial charge is 0.188 e. The van der Waals surface area contributed by atoms with Crippen molar-refractivity contribution in [3.8, 4) is 0 Å². The summed E-state index contributed by atoms with van der Waals surface area (Å²) in [6.07, 6.45) is 11.0. The van der Waals surface area contributed by atoms with E-state index in [1.807, 2.05) is 0 Å². The molecular formula is C17H33N3O2. The van der Waals surface area contributed by atoms with Gasteiger partial charge in [-0.05, 0) is 38.0 Å². The van der Waals surface area contributed by atoms with Crippen LogP contribution in [0.4, 0.5) is 0 Å². The fourth-order valence-electron chi connectivity index (χ4n) is 3.21. The number of hydrogen-bond donors (Lipinski definition) is 2. The van der Waals surface area contributed by atoms with Crippen molar-refractivity contribution < 1.29 is 9.47 Å². The SMILES string of the molecule is NC(=NCCCOCC1CCOCC1)NC1CCCCCC1. The fraction of sp³-hybridized carbons (Fsp3) is 0.941. The first kappa shape index (κ1) is 17.5. The molecule has 0 bridgehead atoms. The summed E-state index contributed by atoms with van der Waals surface area (Å²) >= 11 is 0. The number of ether oxygens (including phenoxy) is 2. The molecule has 0 aromatic heterocycles. The van der Waals surface area contributed by atoms with Crippen LogP contribution < -0.4 is 11.1 Å². The van der Waals surface area contributed by atoms with Gasteiger partial charge in [0.1, 0.15) is 0 Å². The highest BCUT2D eigenvalue weighted by molar-refractivity contribution is 5.78. The van der Waals surface area contributed by atoms with Crippen molar-refractivity contribution in [1.82, 2.24) is 5.32 Å². The summed E-state index contributed by atoms with van der Waals surface area (Å²) in [5, 5.41) is 3.37. The minimum atomic E-state index is 0.524. The maximum absolute atomic E-state index is 5.97. The van der Waals surface area contributed by atoms with E-state index in [1.165, 1.54) is 38.5 Å². The van der Waals surface area contributed by atoms with Crippen molar-refractivity contribution in [2.45, 2.75) is 63.8 Å². The molecule has 0 unspecified atom stereocenters. The van der Waals surface area contributed by atoms with E-state index in [-0.39, 0.29) is 0 Å². The molecule has 128 valence electrons. The molecule has 2 fully saturated rings. The standard InChI is InChI=1S/C17H33N3O2/c18-17(20-16-6-3-1-2-4-7-16)19-10-5-11-22-14-15-8-12-21-13-9-15/h15-16H,1-14H2,(H3,18,19,20). The molecule has 0 atom stereocenters. The number of nitrogens with two attached hydrogens (primary N) is 1. The van der Waals surface area contributed by atoms with Crippen LogP contribution in [0.15, 0.2) is 4.99 Å². The molecule has 2 aliphatic rings. The van der Waals surface area contributed by atoms with Gasteiger partial charge < -0.3 is 20.5 Å². The maximum Gasteiger partial charge on any atom is 0.188 e. The summed E-state index contributed by atoms with van der Waals surface area (Å²) in [6, 6.07) is 0.524. The van der Waals surface area contributed by atoms with E-state index in [1.54, 1.807) is 0 Å². The van der Waals surface area contributed by atoms with Gasteiger partial charge in [-0.15, -0.1) is 0 Å². The van der Waals surface area contributed by atoms with Crippen molar-refractivity contribution in [3.63, 3.8) is 0 Å². The Morgan fingerprint density at radius 2 is 1.82 bits per heavy atom. The van der Waals surface area contributed by atoms with Gasteiger partial charge in [0.25, 0.3) is 0 Å². The van der Waals surface area contributed by atoms with Crippen LogP contribution in [-0.4, -0.2) is 45.0 Å². The second-order valence-corrected chi connectivity index (χ2v) is 6.58. The molecule has 0 aromatic carbocycles. The molecule has 0 spiro atoms. The lowest BCUT2D eigenvalue weighted by Crippen LogP contribution is -2.39. The van der Waals surface area contributed by atoms with Crippen LogP contribution in [0.2, 0.25) is 0 Å². The molecular weight excluding hydrogens is 278 g/mol. The first-order valence-corrected chi connectivity index (χ1v) is 9.06. The first-order valence-electron chi connectivity index (χ1n) is 9.06. The lowest BCUT2D eigenvalue weighted by atomic mass is 10.0. The molecule has 0 aromatic rings. The Bertz CT molecular complexity index is 309. The summed E-state index contributed by atoms with van der Waals surface area (Å²) in [5.74, 6) is 1.29. The van der Waals surface area contributed by atoms with Crippen molar-refractivity contribution >= 4 is 5.96 Å². The third-order valence-electron chi connectivity index (χ3n) is 4.63. The number of nitrogens with one attached hydrogen (secondary N) is 1. The molecule has 1 aliphatic heterocycles. The zero-order valence-electron chi connectivity index (χ0n) is 13.9. The van der Waals surface area contributed by atoms with Crippen LogP contribution in [0.5, 0.6) is 0 Å². The van der Waals surface area contributed by atoms with Crippen LogP contribution in [0, 0.1) is 5.92 Å². The molecule has 22 heavy (non-hydrogen) atoms. The Labute approximate surface area is 135 Å². The van der Waals surface area contributed by atoms with E-state index in [9.17, 15) is 0 Å². The summed E-state index contributed by atoms with van der Waals surface area (Å²) < 4.78 is 11.1. The van der Waals surface area contributed by atoms with Gasteiger partial charge in [-0.3, -0.25) is 4.99 Å². The van der Waals surface area contributed by atoms with Crippen LogP contribution in [-0.2, 0) is 9.47 Å². The van der Waals surface area contributed by atoms with Gasteiger partial charge in [0.15, 0.2) is 5.96 Å². The van der Waals surface area contributed by atoms with E-state index in [0.29, 0.717) is 17.9 Å². The Kier molecular flexibility index (Phi) is 8.64. The van der Waals surface area contributed by atoms with E-state index in [4.69, 9.17) is 15.2 Å². The third-order valence-corrected chi connectivity index (χ3v) is 4.63. The van der Waals surface area contributed by atoms with Gasteiger partial charge in [0, 0.05) is 39.0 Å². The number of nitrogens with zero attached hydrogens (tertiary/aromatic N) is 1. The molecule has 1 aliphatic carbocycles. The fourth-order valence-corrected chi connectivity index (χ4v) is 3.21. The van der Waals surface area contributed by atoms with Gasteiger partial charge in [0.2, 0.25) is 0 Å². The number of aliphatic imine (C=N–C) groups is 1. The number of guanidine groups is 1. The lowest BCUT2D eigenvalue weighted by Gasteiger charge is -2.21. The quantitative estimate of drug-likeness (QED) is 0.328. The van der Waals surface area contributed by atoms with Gasteiger partial charge in [-0.25, -0.2) is 0 Å². The molecule has 0 amide bonds. The minimum absolute atomic E-state index is 0.524.